The number of carbonyl (C=O) groups excluding carboxylic acids is 4. The van der Waals surface area contributed by atoms with E-state index in [9.17, 15) is 24.3 Å². The minimum absolute atomic E-state index is 0.00912. The SMILES string of the molecule is COc1ccc(C(=O)N2CCC(OC3CCN(CCc4ccc(-c5cc6c(-c7cc(F)cc(NC(=O)N8C[C@H](CC(C)C)[C@@H](O)C8)c7C)ncnc6[nH]5)cc4)CC3)CC2)cc1N1CCC(=O)NC1=O. The number of aliphatic hydroxyl groups is 1. The Labute approximate surface area is 401 Å². The molecule has 4 saturated heterocycles. The highest BCUT2D eigenvalue weighted by molar-refractivity contribution is 6.07. The van der Waals surface area contributed by atoms with Gasteiger partial charge >= 0.3 is 12.1 Å². The lowest BCUT2D eigenvalue weighted by atomic mass is 9.95. The Hall–Kier alpha value is -6.43. The van der Waals surface area contributed by atoms with Gasteiger partial charge < -0.3 is 39.6 Å². The number of imide groups is 1. The summed E-state index contributed by atoms with van der Waals surface area (Å²) in [6.45, 7) is 11.0. The number of fused-ring (bicyclic) bond motifs is 1. The highest BCUT2D eigenvalue weighted by Gasteiger charge is 2.35. The third-order valence-corrected chi connectivity index (χ3v) is 14.2. The van der Waals surface area contributed by atoms with E-state index in [1.54, 1.807) is 23.1 Å². The van der Waals surface area contributed by atoms with Crippen LogP contribution in [0.1, 0.15) is 73.9 Å². The summed E-state index contributed by atoms with van der Waals surface area (Å²) in [4.78, 5) is 71.0. The van der Waals surface area contributed by atoms with Crippen LogP contribution in [-0.2, 0) is 16.0 Å². The quantitative estimate of drug-likeness (QED) is 0.0928. The number of aromatic amines is 1. The lowest BCUT2D eigenvalue weighted by Crippen LogP contribution is -2.49. The van der Waals surface area contributed by atoms with Crippen LogP contribution in [0.4, 0.5) is 25.4 Å². The molecule has 364 valence electrons. The Morgan fingerprint density at radius 2 is 1.65 bits per heavy atom. The smallest absolute Gasteiger partial charge is 0.328 e. The number of piperidine rings is 2. The van der Waals surface area contributed by atoms with Crippen molar-refractivity contribution in [2.45, 2.75) is 84.0 Å². The second-order valence-corrected chi connectivity index (χ2v) is 19.3. The van der Waals surface area contributed by atoms with Gasteiger partial charge in [-0.3, -0.25) is 19.8 Å². The normalized spacial score (nSPS) is 19.7. The predicted molar refractivity (Wildman–Crippen MR) is 261 cm³/mol. The Morgan fingerprint density at radius 1 is 0.913 bits per heavy atom. The molecule has 3 aromatic carbocycles. The van der Waals surface area contributed by atoms with E-state index in [2.05, 4.69) is 68.6 Å². The molecule has 5 aromatic rings. The van der Waals surface area contributed by atoms with Crippen LogP contribution in [0.5, 0.6) is 5.75 Å². The Balaban J connectivity index is 0.745. The lowest BCUT2D eigenvalue weighted by Gasteiger charge is -2.37. The average molecular weight is 944 g/mol. The molecule has 0 spiro atoms. The summed E-state index contributed by atoms with van der Waals surface area (Å²) in [7, 11) is 1.51. The van der Waals surface area contributed by atoms with Gasteiger partial charge in [0.25, 0.3) is 5.91 Å². The van der Waals surface area contributed by atoms with Crippen LogP contribution >= 0.6 is 0 Å². The Bertz CT molecular complexity index is 2690. The van der Waals surface area contributed by atoms with Gasteiger partial charge in [0.15, 0.2) is 0 Å². The summed E-state index contributed by atoms with van der Waals surface area (Å²) < 4.78 is 27.3. The number of aromatic nitrogens is 3. The highest BCUT2D eigenvalue weighted by atomic mass is 19.1. The van der Waals surface area contributed by atoms with Crippen molar-refractivity contribution in [2.24, 2.45) is 11.8 Å². The van der Waals surface area contributed by atoms with Crippen LogP contribution in [0.2, 0.25) is 0 Å². The molecule has 0 bridgehead atoms. The van der Waals surface area contributed by atoms with Crippen LogP contribution in [0.15, 0.2) is 67.0 Å². The molecule has 4 N–H and O–H groups in total. The van der Waals surface area contributed by atoms with E-state index < -0.39 is 18.0 Å². The molecule has 4 fully saturated rings. The fourth-order valence-electron chi connectivity index (χ4n) is 10.3. The number of nitrogens with zero attached hydrogens (tertiary/aromatic N) is 6. The number of hydrogen-bond donors (Lipinski definition) is 4. The first-order chi connectivity index (χ1) is 33.3. The molecular weight excluding hydrogens is 882 g/mol. The fourth-order valence-corrected chi connectivity index (χ4v) is 10.3. The molecule has 2 atom stereocenters. The number of nitrogens with one attached hydrogen (secondary N) is 3. The molecule has 0 unspecified atom stereocenters. The molecule has 2 aromatic heterocycles. The number of halogens is 1. The molecule has 0 saturated carbocycles. The van der Waals surface area contributed by atoms with E-state index >= 15 is 4.39 Å². The van der Waals surface area contributed by atoms with Gasteiger partial charge in [-0.2, -0.15) is 0 Å². The third kappa shape index (κ3) is 10.7. The summed E-state index contributed by atoms with van der Waals surface area (Å²) in [5.74, 6) is -0.0679. The summed E-state index contributed by atoms with van der Waals surface area (Å²) in [6, 6.07) is 17.4. The van der Waals surface area contributed by atoms with E-state index in [-0.39, 0.29) is 55.5 Å². The molecule has 0 aliphatic carbocycles. The summed E-state index contributed by atoms with van der Waals surface area (Å²) >= 11 is 0. The van der Waals surface area contributed by atoms with E-state index in [0.717, 1.165) is 74.8 Å². The van der Waals surface area contributed by atoms with Crippen molar-refractivity contribution in [2.75, 3.05) is 69.7 Å². The van der Waals surface area contributed by atoms with Gasteiger partial charge in [-0.15, -0.1) is 0 Å². The largest absolute Gasteiger partial charge is 0.495 e. The van der Waals surface area contributed by atoms with E-state index in [4.69, 9.17) is 9.47 Å². The molecule has 6 amide bonds. The Morgan fingerprint density at radius 3 is 2.36 bits per heavy atom. The van der Waals surface area contributed by atoms with Gasteiger partial charge in [-0.1, -0.05) is 38.1 Å². The van der Waals surface area contributed by atoms with E-state index in [1.165, 1.54) is 36.0 Å². The standard InChI is InChI=1S/C52H62FN9O7/c1-31(2)23-36-28-61(29-45(36)63)51(66)57-42-26-37(53)25-40(32(42)3)48-41-27-43(56-49(41)55-30-54-48)34-7-5-33(6-8-34)11-17-59-18-12-38(13-19-59)69-39-14-20-60(21-15-39)50(65)35-9-10-46(68-4)44(24-35)62-22-16-47(64)58-52(62)67/h5-10,24-27,30-31,36,38-39,45,63H,11-23,28-29H2,1-4H3,(H,57,66)(H,54,55,56)(H,58,64,67)/t36-,45-/m0/s1. The number of β-amino-alcohol motifs (C(OH)–C–C–N with tert-alkyl or cyclic N) is 1. The highest BCUT2D eigenvalue weighted by Crippen LogP contribution is 2.36. The van der Waals surface area contributed by atoms with Gasteiger partial charge in [0, 0.05) is 92.6 Å². The number of methoxy groups -OCH3 is 1. The summed E-state index contributed by atoms with van der Waals surface area (Å²) in [5.41, 5.74) is 6.77. The van der Waals surface area contributed by atoms with Crippen molar-refractivity contribution in [3.05, 3.63) is 89.5 Å². The second kappa shape index (κ2) is 20.7. The van der Waals surface area contributed by atoms with Crippen molar-refractivity contribution in [3.8, 4) is 28.3 Å². The number of ether oxygens (including phenoxy) is 2. The van der Waals surface area contributed by atoms with Crippen LogP contribution in [0, 0.1) is 24.6 Å². The monoisotopic (exact) mass is 943 g/mol. The van der Waals surface area contributed by atoms with Gasteiger partial charge in [-0.05, 0) is 104 Å². The van der Waals surface area contributed by atoms with Gasteiger partial charge in [-0.25, -0.2) is 23.9 Å². The van der Waals surface area contributed by atoms with Gasteiger partial charge in [0.2, 0.25) is 5.91 Å². The molecule has 17 heteroatoms. The van der Waals surface area contributed by atoms with Crippen LogP contribution in [-0.4, -0.2) is 136 Å². The third-order valence-electron chi connectivity index (χ3n) is 14.2. The number of benzene rings is 3. The molecule has 4 aliphatic rings. The zero-order valence-electron chi connectivity index (χ0n) is 39.8. The Kier molecular flexibility index (Phi) is 14.3. The first kappa shape index (κ1) is 47.6. The first-order valence-electron chi connectivity index (χ1n) is 24.2. The molecule has 6 heterocycles. The number of urea groups is 2. The molecule has 0 radical (unpaired) electrons. The van der Waals surface area contributed by atoms with E-state index in [1.807, 2.05) is 17.9 Å². The van der Waals surface area contributed by atoms with Gasteiger partial charge in [0.05, 0.1) is 36.8 Å². The maximum atomic E-state index is 15.2. The molecule has 16 nitrogen and oxygen atoms in total. The molecule has 69 heavy (non-hydrogen) atoms. The number of H-pyrrole nitrogens is 1. The fraction of sp³-hybridized carbons (Fsp3) is 0.462. The number of likely N-dealkylation sites (tertiary alicyclic amines) is 3. The van der Waals surface area contributed by atoms with Gasteiger partial charge in [0.1, 0.15) is 23.5 Å². The first-order valence-corrected chi connectivity index (χ1v) is 24.2. The predicted octanol–water partition coefficient (Wildman–Crippen LogP) is 7.39. The number of anilines is 2. The van der Waals surface area contributed by atoms with Crippen molar-refractivity contribution in [3.63, 3.8) is 0 Å². The van der Waals surface area contributed by atoms with E-state index in [0.29, 0.717) is 70.7 Å². The van der Waals surface area contributed by atoms with Crippen molar-refractivity contribution < 1.29 is 38.1 Å². The van der Waals surface area contributed by atoms with Crippen molar-refractivity contribution in [1.29, 1.82) is 0 Å². The van der Waals surface area contributed by atoms with Crippen LogP contribution in [0.3, 0.4) is 0 Å². The molecule has 9 rings (SSSR count). The van der Waals surface area contributed by atoms with Crippen LogP contribution < -0.4 is 20.3 Å². The lowest BCUT2D eigenvalue weighted by molar-refractivity contribution is -0.120. The zero-order valence-corrected chi connectivity index (χ0v) is 39.8. The maximum Gasteiger partial charge on any atom is 0.328 e. The molecular formula is C52H62FN9O7. The number of carbonyl (C=O) groups is 4. The molecule has 4 aliphatic heterocycles. The topological polar surface area (TPSA) is 186 Å². The average Bonchev–Trinajstić information content (AvgIpc) is 3.95. The number of rotatable bonds is 13. The van der Waals surface area contributed by atoms with Crippen molar-refractivity contribution >= 4 is 46.3 Å². The van der Waals surface area contributed by atoms with Crippen molar-refractivity contribution in [1.82, 2.24) is 35.0 Å². The number of amides is 6. The zero-order chi connectivity index (χ0) is 48.3. The maximum absolute atomic E-state index is 15.2. The minimum Gasteiger partial charge on any atom is -0.495 e. The number of aliphatic hydroxyl groups excluding tert-OH is 1. The second-order valence-electron chi connectivity index (χ2n) is 19.3. The minimum atomic E-state index is -0.586. The van der Waals surface area contributed by atoms with Crippen LogP contribution in [0.25, 0.3) is 33.5 Å². The summed E-state index contributed by atoms with van der Waals surface area (Å²) in [6.07, 6.45) is 6.50. The number of hydrogen-bond acceptors (Lipinski definition) is 10. The summed E-state index contributed by atoms with van der Waals surface area (Å²) in [5, 5.41) is 16.6.